The summed E-state index contributed by atoms with van der Waals surface area (Å²) in [6.45, 7) is 5.54. The fraction of sp³-hybridized carbons (Fsp3) is 0.438. The van der Waals surface area contributed by atoms with Gasteiger partial charge in [0, 0.05) is 21.1 Å². The molecule has 0 aromatic carbocycles. The third-order valence-corrected chi connectivity index (χ3v) is 4.10. The van der Waals surface area contributed by atoms with Crippen molar-refractivity contribution in [1.82, 2.24) is 30.6 Å². The standard InChI is InChI=1S/C16H21N7O3/c1-8-11(20-26-19-8)7-17-15(24)13-10(3)25-21-14(13)12-9(2)18-23(6)16(12)22(4)5/h7H2,1-6H3,(H,17,24). The topological polar surface area (TPSA) is 115 Å². The quantitative estimate of drug-likeness (QED) is 0.726. The van der Waals surface area contributed by atoms with E-state index < -0.39 is 0 Å². The summed E-state index contributed by atoms with van der Waals surface area (Å²) >= 11 is 0. The maximum atomic E-state index is 12.8. The lowest BCUT2D eigenvalue weighted by molar-refractivity contribution is 0.0949. The first-order chi connectivity index (χ1) is 12.3. The van der Waals surface area contributed by atoms with Gasteiger partial charge in [0.25, 0.3) is 5.91 Å². The van der Waals surface area contributed by atoms with Crippen LogP contribution in [-0.2, 0) is 13.6 Å². The monoisotopic (exact) mass is 359 g/mol. The van der Waals surface area contributed by atoms with Crippen molar-refractivity contribution in [3.05, 3.63) is 28.4 Å². The Balaban J connectivity index is 1.98. The van der Waals surface area contributed by atoms with Gasteiger partial charge in [0.1, 0.15) is 34.2 Å². The summed E-state index contributed by atoms with van der Waals surface area (Å²) in [6, 6.07) is 0. The second-order valence-electron chi connectivity index (χ2n) is 6.24. The lowest BCUT2D eigenvalue weighted by Gasteiger charge is -2.14. The number of hydrogen-bond donors (Lipinski definition) is 1. The fourth-order valence-corrected chi connectivity index (χ4v) is 2.91. The predicted molar refractivity (Wildman–Crippen MR) is 92.7 cm³/mol. The molecule has 3 rings (SSSR count). The molecule has 10 nitrogen and oxygen atoms in total. The van der Waals surface area contributed by atoms with Crippen LogP contribution in [0.5, 0.6) is 0 Å². The van der Waals surface area contributed by atoms with E-state index in [0.717, 1.165) is 17.1 Å². The van der Waals surface area contributed by atoms with E-state index in [0.29, 0.717) is 28.4 Å². The van der Waals surface area contributed by atoms with Gasteiger partial charge in [0.15, 0.2) is 0 Å². The number of nitrogens with one attached hydrogen (secondary N) is 1. The summed E-state index contributed by atoms with van der Waals surface area (Å²) in [4.78, 5) is 14.7. The minimum atomic E-state index is -0.311. The van der Waals surface area contributed by atoms with E-state index in [1.54, 1.807) is 18.5 Å². The molecule has 0 aliphatic rings. The summed E-state index contributed by atoms with van der Waals surface area (Å²) in [6.07, 6.45) is 0. The van der Waals surface area contributed by atoms with Crippen LogP contribution in [0.25, 0.3) is 11.3 Å². The smallest absolute Gasteiger partial charge is 0.257 e. The van der Waals surface area contributed by atoms with Gasteiger partial charge in [-0.25, -0.2) is 4.63 Å². The van der Waals surface area contributed by atoms with Gasteiger partial charge < -0.3 is 14.7 Å². The van der Waals surface area contributed by atoms with Gasteiger partial charge in [-0.2, -0.15) is 5.10 Å². The van der Waals surface area contributed by atoms with Crippen molar-refractivity contribution < 1.29 is 13.9 Å². The number of hydrogen-bond acceptors (Lipinski definition) is 8. The highest BCUT2D eigenvalue weighted by molar-refractivity contribution is 6.02. The van der Waals surface area contributed by atoms with Crippen LogP contribution in [0.4, 0.5) is 5.82 Å². The van der Waals surface area contributed by atoms with Crippen LogP contribution < -0.4 is 10.2 Å². The third kappa shape index (κ3) is 2.93. The van der Waals surface area contributed by atoms with Crippen LogP contribution in [0.15, 0.2) is 9.15 Å². The predicted octanol–water partition coefficient (Wildman–Crippen LogP) is 1.38. The number of carbonyl (C=O) groups is 1. The molecule has 0 saturated carbocycles. The summed E-state index contributed by atoms with van der Waals surface area (Å²) in [5.74, 6) is 0.955. The van der Waals surface area contributed by atoms with Crippen LogP contribution in [0.3, 0.4) is 0 Å². The van der Waals surface area contributed by atoms with Gasteiger partial charge in [0.2, 0.25) is 0 Å². The summed E-state index contributed by atoms with van der Waals surface area (Å²) in [7, 11) is 5.67. The van der Waals surface area contributed by atoms with Crippen LogP contribution in [0, 0.1) is 20.8 Å². The molecule has 0 radical (unpaired) electrons. The molecule has 0 bridgehead atoms. The molecule has 10 heteroatoms. The van der Waals surface area contributed by atoms with Gasteiger partial charge in [-0.15, -0.1) is 0 Å². The van der Waals surface area contributed by atoms with E-state index in [9.17, 15) is 4.79 Å². The van der Waals surface area contributed by atoms with E-state index >= 15 is 0 Å². The minimum Gasteiger partial charge on any atom is -0.362 e. The molecule has 138 valence electrons. The lowest BCUT2D eigenvalue weighted by atomic mass is 10.1. The lowest BCUT2D eigenvalue weighted by Crippen LogP contribution is -2.24. The van der Waals surface area contributed by atoms with Gasteiger partial charge >= 0.3 is 0 Å². The number of aromatic nitrogens is 5. The van der Waals surface area contributed by atoms with Gasteiger partial charge in [-0.3, -0.25) is 9.48 Å². The number of nitrogens with zero attached hydrogens (tertiary/aromatic N) is 6. The Morgan fingerprint density at radius 2 is 1.88 bits per heavy atom. The van der Waals surface area contributed by atoms with Gasteiger partial charge in [-0.05, 0) is 20.8 Å². The van der Waals surface area contributed by atoms with E-state index in [1.807, 2.05) is 33.0 Å². The van der Waals surface area contributed by atoms with E-state index in [4.69, 9.17) is 4.52 Å². The molecule has 0 saturated heterocycles. The maximum Gasteiger partial charge on any atom is 0.257 e. The number of amides is 1. The molecule has 1 N–H and O–H groups in total. The molecule has 0 fully saturated rings. The molecule has 3 aromatic rings. The van der Waals surface area contributed by atoms with Crippen LogP contribution >= 0.6 is 0 Å². The molecule has 3 heterocycles. The molecule has 0 atom stereocenters. The van der Waals surface area contributed by atoms with Crippen molar-refractivity contribution in [2.45, 2.75) is 27.3 Å². The molecule has 1 amide bonds. The van der Waals surface area contributed by atoms with Crippen molar-refractivity contribution in [3.8, 4) is 11.3 Å². The van der Waals surface area contributed by atoms with Crippen molar-refractivity contribution in [2.75, 3.05) is 19.0 Å². The van der Waals surface area contributed by atoms with Crippen molar-refractivity contribution in [2.24, 2.45) is 7.05 Å². The average Bonchev–Trinajstić information content (AvgIpc) is 3.22. The summed E-state index contributed by atoms with van der Waals surface area (Å²) in [5.41, 5.74) is 3.56. The van der Waals surface area contributed by atoms with Crippen molar-refractivity contribution >= 4 is 11.7 Å². The Bertz CT molecular complexity index is 951. The Hall–Kier alpha value is -3.17. The van der Waals surface area contributed by atoms with E-state index in [-0.39, 0.29) is 12.5 Å². The molecule has 3 aromatic heterocycles. The largest absolute Gasteiger partial charge is 0.362 e. The molecular weight excluding hydrogens is 338 g/mol. The zero-order valence-corrected chi connectivity index (χ0v) is 15.6. The molecule has 0 aliphatic heterocycles. The van der Waals surface area contributed by atoms with E-state index in [1.165, 1.54) is 0 Å². The van der Waals surface area contributed by atoms with Gasteiger partial charge in [0.05, 0.1) is 17.8 Å². The molecular formula is C16H21N7O3. The molecule has 26 heavy (non-hydrogen) atoms. The average molecular weight is 359 g/mol. The SMILES string of the molecule is Cc1nonc1CNC(=O)c1c(-c2c(C)nn(C)c2N(C)C)noc1C. The first-order valence-electron chi connectivity index (χ1n) is 8.05. The second kappa shape index (κ2) is 6.62. The molecule has 0 spiro atoms. The van der Waals surface area contributed by atoms with Crippen molar-refractivity contribution in [1.29, 1.82) is 0 Å². The molecule has 0 unspecified atom stereocenters. The number of carbonyl (C=O) groups excluding carboxylic acids is 1. The second-order valence-corrected chi connectivity index (χ2v) is 6.24. The Labute approximate surface area is 150 Å². The van der Waals surface area contributed by atoms with Crippen molar-refractivity contribution in [3.63, 3.8) is 0 Å². The first kappa shape index (κ1) is 17.6. The Morgan fingerprint density at radius 3 is 2.50 bits per heavy atom. The van der Waals surface area contributed by atoms with Crippen LogP contribution in [0.2, 0.25) is 0 Å². The fourth-order valence-electron chi connectivity index (χ4n) is 2.91. The zero-order chi connectivity index (χ0) is 19.0. The van der Waals surface area contributed by atoms with Gasteiger partial charge in [-0.1, -0.05) is 15.5 Å². The molecule has 0 aliphatic carbocycles. The van der Waals surface area contributed by atoms with E-state index in [2.05, 4.69) is 30.5 Å². The maximum absolute atomic E-state index is 12.8. The highest BCUT2D eigenvalue weighted by Gasteiger charge is 2.28. The zero-order valence-electron chi connectivity index (χ0n) is 15.6. The highest BCUT2D eigenvalue weighted by atomic mass is 16.6. The minimum absolute atomic E-state index is 0.199. The third-order valence-electron chi connectivity index (χ3n) is 4.10. The Kier molecular flexibility index (Phi) is 4.49. The first-order valence-corrected chi connectivity index (χ1v) is 8.05. The normalized spacial score (nSPS) is 11.0. The highest BCUT2D eigenvalue weighted by Crippen LogP contribution is 2.35. The summed E-state index contributed by atoms with van der Waals surface area (Å²) in [5, 5.41) is 18.9. The van der Waals surface area contributed by atoms with Crippen LogP contribution in [0.1, 0.15) is 33.2 Å². The van der Waals surface area contributed by atoms with Crippen LogP contribution in [-0.4, -0.2) is 45.3 Å². The Morgan fingerprint density at radius 1 is 1.15 bits per heavy atom. The number of anilines is 1. The number of rotatable bonds is 5. The number of aryl methyl sites for hydroxylation is 4. The summed E-state index contributed by atoms with van der Waals surface area (Å²) < 4.78 is 11.7.